The number of fused-ring (bicyclic) bond motifs is 1. The number of carbonyl (C=O) groups is 2. The molecule has 2 fully saturated rings. The van der Waals surface area contributed by atoms with Crippen LogP contribution in [-0.4, -0.2) is 65.4 Å². The van der Waals surface area contributed by atoms with Gasteiger partial charge in [0.15, 0.2) is 11.2 Å². The molecule has 34 heavy (non-hydrogen) atoms. The third-order valence-electron chi connectivity index (χ3n) is 7.29. The molecule has 2 aromatic rings. The quantitative estimate of drug-likeness (QED) is 0.496. The number of carbonyl (C=O) groups excluding carboxylic acids is 2. The number of hydrogen-bond acceptors (Lipinski definition) is 7. The van der Waals surface area contributed by atoms with Gasteiger partial charge in [0.1, 0.15) is 0 Å². The van der Waals surface area contributed by atoms with E-state index in [1.54, 1.807) is 18.3 Å². The fourth-order valence-corrected chi connectivity index (χ4v) is 5.17. The zero-order chi connectivity index (χ0) is 23.8. The molecule has 8 heteroatoms. The Labute approximate surface area is 201 Å². The van der Waals surface area contributed by atoms with Crippen LogP contribution in [-0.2, 0) is 9.53 Å². The topological polar surface area (TPSA) is 97.6 Å². The van der Waals surface area contributed by atoms with Crippen LogP contribution >= 0.6 is 0 Å². The average molecular weight is 471 g/mol. The molecule has 2 unspecified atom stereocenters. The van der Waals surface area contributed by atoms with Gasteiger partial charge in [0.2, 0.25) is 11.7 Å². The van der Waals surface area contributed by atoms with E-state index in [1.807, 2.05) is 11.8 Å². The van der Waals surface area contributed by atoms with E-state index in [0.717, 1.165) is 18.8 Å². The number of hydrogen-bond donors (Lipinski definition) is 1. The Kier molecular flexibility index (Phi) is 9.04. The predicted molar refractivity (Wildman–Crippen MR) is 130 cm³/mol. The van der Waals surface area contributed by atoms with Gasteiger partial charge in [-0.1, -0.05) is 45.4 Å². The van der Waals surface area contributed by atoms with Crippen molar-refractivity contribution in [3.8, 4) is 0 Å². The van der Waals surface area contributed by atoms with E-state index in [-0.39, 0.29) is 23.5 Å². The molecular formula is C26H38N4O4. The van der Waals surface area contributed by atoms with Crippen molar-refractivity contribution in [3.63, 3.8) is 0 Å². The maximum Gasteiger partial charge on any atom is 0.267 e. The van der Waals surface area contributed by atoms with Gasteiger partial charge in [-0.2, -0.15) is 4.98 Å². The SMILES string of the molecule is CCC(NCC(CCC1CCCCC1)CC(=O)N1CCOCC1)C(=O)c1nc2ncccc2o1. The minimum Gasteiger partial charge on any atom is -0.432 e. The molecule has 1 amide bonds. The van der Waals surface area contributed by atoms with Crippen LogP contribution in [0.4, 0.5) is 0 Å². The number of pyridine rings is 1. The summed E-state index contributed by atoms with van der Waals surface area (Å²) in [7, 11) is 0. The lowest BCUT2D eigenvalue weighted by Crippen LogP contribution is -2.43. The average Bonchev–Trinajstić information content (AvgIpc) is 3.33. The van der Waals surface area contributed by atoms with Crippen molar-refractivity contribution < 1.29 is 18.7 Å². The zero-order valence-electron chi connectivity index (χ0n) is 20.3. The zero-order valence-corrected chi connectivity index (χ0v) is 20.3. The maximum atomic E-state index is 13.1. The van der Waals surface area contributed by atoms with Crippen molar-refractivity contribution in [1.82, 2.24) is 20.2 Å². The predicted octanol–water partition coefficient (Wildman–Crippen LogP) is 4.00. The van der Waals surface area contributed by atoms with Crippen molar-refractivity contribution in [1.29, 1.82) is 0 Å². The van der Waals surface area contributed by atoms with Gasteiger partial charge in [0, 0.05) is 25.7 Å². The first-order chi connectivity index (χ1) is 16.6. The number of nitrogens with zero attached hydrogens (tertiary/aromatic N) is 3. The molecule has 0 spiro atoms. The smallest absolute Gasteiger partial charge is 0.267 e. The summed E-state index contributed by atoms with van der Waals surface area (Å²) in [5.74, 6) is 1.10. The summed E-state index contributed by atoms with van der Waals surface area (Å²) in [5.41, 5.74) is 0.962. The highest BCUT2D eigenvalue weighted by atomic mass is 16.5. The second-order valence-electron chi connectivity index (χ2n) is 9.72. The summed E-state index contributed by atoms with van der Waals surface area (Å²) in [6.45, 7) is 5.18. The molecular weight excluding hydrogens is 432 g/mol. The minimum absolute atomic E-state index is 0.0937. The largest absolute Gasteiger partial charge is 0.432 e. The summed E-state index contributed by atoms with van der Waals surface area (Å²) in [6.07, 6.45) is 11.5. The van der Waals surface area contributed by atoms with Crippen LogP contribution in [0.15, 0.2) is 22.7 Å². The van der Waals surface area contributed by atoms with Crippen LogP contribution in [0.3, 0.4) is 0 Å². The number of morpholine rings is 1. The Morgan fingerprint density at radius 2 is 2.00 bits per heavy atom. The van der Waals surface area contributed by atoms with Gasteiger partial charge in [-0.3, -0.25) is 9.59 Å². The van der Waals surface area contributed by atoms with Crippen LogP contribution < -0.4 is 5.32 Å². The van der Waals surface area contributed by atoms with Crippen molar-refractivity contribution in [2.45, 2.75) is 70.8 Å². The summed E-state index contributed by atoms with van der Waals surface area (Å²) >= 11 is 0. The number of Topliss-reactive ketones (excluding diaryl/α,β-unsaturated/α-hetero) is 1. The molecule has 8 nitrogen and oxygen atoms in total. The van der Waals surface area contributed by atoms with Gasteiger partial charge in [-0.25, -0.2) is 4.98 Å². The molecule has 0 aromatic carbocycles. The molecule has 186 valence electrons. The van der Waals surface area contributed by atoms with Crippen molar-refractivity contribution in [2.75, 3.05) is 32.8 Å². The summed E-state index contributed by atoms with van der Waals surface area (Å²) in [4.78, 5) is 36.4. The fraction of sp³-hybridized carbons (Fsp3) is 0.692. The first-order valence-electron chi connectivity index (χ1n) is 13.0. The van der Waals surface area contributed by atoms with E-state index in [1.165, 1.54) is 32.1 Å². The molecule has 0 bridgehead atoms. The van der Waals surface area contributed by atoms with Crippen LogP contribution in [0, 0.1) is 11.8 Å². The van der Waals surface area contributed by atoms with E-state index in [0.29, 0.717) is 56.9 Å². The van der Waals surface area contributed by atoms with Gasteiger partial charge in [0.05, 0.1) is 19.3 Å². The molecule has 1 N–H and O–H groups in total. The van der Waals surface area contributed by atoms with Crippen LogP contribution in [0.2, 0.25) is 0 Å². The molecule has 1 saturated heterocycles. The van der Waals surface area contributed by atoms with E-state index >= 15 is 0 Å². The normalized spacial score (nSPS) is 19.3. The Hall–Kier alpha value is -2.32. The fourth-order valence-electron chi connectivity index (χ4n) is 5.17. The lowest BCUT2D eigenvalue weighted by atomic mass is 9.83. The lowest BCUT2D eigenvalue weighted by Gasteiger charge is -2.30. The second-order valence-corrected chi connectivity index (χ2v) is 9.72. The number of aromatic nitrogens is 2. The Bertz CT molecular complexity index is 901. The summed E-state index contributed by atoms with van der Waals surface area (Å²) < 4.78 is 11.1. The van der Waals surface area contributed by atoms with E-state index in [2.05, 4.69) is 15.3 Å². The number of ketones is 1. The van der Waals surface area contributed by atoms with Crippen molar-refractivity contribution in [2.24, 2.45) is 11.8 Å². The lowest BCUT2D eigenvalue weighted by molar-refractivity contribution is -0.136. The van der Waals surface area contributed by atoms with Crippen LogP contribution in [0.5, 0.6) is 0 Å². The molecule has 2 aliphatic rings. The third-order valence-corrected chi connectivity index (χ3v) is 7.29. The van der Waals surface area contributed by atoms with Gasteiger partial charge >= 0.3 is 0 Å². The summed E-state index contributed by atoms with van der Waals surface area (Å²) in [6, 6.07) is 3.13. The number of rotatable bonds is 11. The van der Waals surface area contributed by atoms with Crippen LogP contribution in [0.25, 0.3) is 11.2 Å². The molecule has 4 rings (SSSR count). The summed E-state index contributed by atoms with van der Waals surface area (Å²) in [5, 5.41) is 3.44. The minimum atomic E-state index is -0.399. The first-order valence-corrected chi connectivity index (χ1v) is 13.0. The van der Waals surface area contributed by atoms with E-state index < -0.39 is 6.04 Å². The Balaban J connectivity index is 1.37. The highest BCUT2D eigenvalue weighted by molar-refractivity contribution is 5.97. The number of nitrogens with one attached hydrogen (secondary N) is 1. The second kappa shape index (κ2) is 12.4. The van der Waals surface area contributed by atoms with Gasteiger partial charge in [-0.05, 0) is 43.4 Å². The molecule has 2 atom stereocenters. The molecule has 0 radical (unpaired) electrons. The van der Waals surface area contributed by atoms with E-state index in [9.17, 15) is 9.59 Å². The van der Waals surface area contributed by atoms with E-state index in [4.69, 9.17) is 9.15 Å². The highest BCUT2D eigenvalue weighted by Gasteiger charge is 2.27. The van der Waals surface area contributed by atoms with Gasteiger partial charge < -0.3 is 19.4 Å². The molecule has 3 heterocycles. The highest BCUT2D eigenvalue weighted by Crippen LogP contribution is 2.29. The Morgan fingerprint density at radius 1 is 1.21 bits per heavy atom. The van der Waals surface area contributed by atoms with Crippen LogP contribution in [0.1, 0.15) is 75.4 Å². The standard InChI is InChI=1S/C26H38N4O4/c1-2-21(24(32)26-29-25-22(34-26)9-6-12-27-25)28-18-20(11-10-19-7-4-3-5-8-19)17-23(31)30-13-15-33-16-14-30/h6,9,12,19-21,28H,2-5,7-8,10-11,13-18H2,1H3. The molecule has 1 aliphatic carbocycles. The molecule has 2 aromatic heterocycles. The first kappa shape index (κ1) is 24.8. The third kappa shape index (κ3) is 6.63. The van der Waals surface area contributed by atoms with Crippen molar-refractivity contribution in [3.05, 3.63) is 24.2 Å². The van der Waals surface area contributed by atoms with Gasteiger partial charge in [0.25, 0.3) is 5.89 Å². The van der Waals surface area contributed by atoms with Crippen molar-refractivity contribution >= 4 is 22.9 Å². The number of amides is 1. The Morgan fingerprint density at radius 3 is 2.74 bits per heavy atom. The monoisotopic (exact) mass is 470 g/mol. The molecule has 1 aliphatic heterocycles. The number of ether oxygens (including phenoxy) is 1. The molecule has 1 saturated carbocycles. The van der Waals surface area contributed by atoms with Gasteiger partial charge in [-0.15, -0.1) is 0 Å². The maximum absolute atomic E-state index is 13.1. The number of oxazole rings is 1.